The minimum Gasteiger partial charge on any atom is -0.386 e. The van der Waals surface area contributed by atoms with Gasteiger partial charge in [-0.1, -0.05) is 60.7 Å². The molecule has 1 atom stereocenters. The van der Waals surface area contributed by atoms with Crippen LogP contribution >= 0.6 is 0 Å². The number of aromatic nitrogens is 2. The van der Waals surface area contributed by atoms with Crippen LogP contribution in [0, 0.1) is 6.92 Å². The summed E-state index contributed by atoms with van der Waals surface area (Å²) in [4.78, 5) is 0. The number of hydrogen-bond acceptors (Lipinski definition) is 2. The van der Waals surface area contributed by atoms with Crippen LogP contribution in [0.1, 0.15) is 17.4 Å². The molecule has 0 radical (unpaired) electrons. The molecule has 3 aromatic rings. The Hall–Kier alpha value is -2.39. The van der Waals surface area contributed by atoms with Gasteiger partial charge in [-0.2, -0.15) is 5.10 Å². The Morgan fingerprint density at radius 3 is 2.29 bits per heavy atom. The van der Waals surface area contributed by atoms with Crippen molar-refractivity contribution >= 4 is 0 Å². The summed E-state index contributed by atoms with van der Waals surface area (Å²) in [6.45, 7) is 2.47. The van der Waals surface area contributed by atoms with Crippen molar-refractivity contribution in [3.8, 4) is 11.3 Å². The number of benzene rings is 2. The summed E-state index contributed by atoms with van der Waals surface area (Å²) >= 11 is 0. The van der Waals surface area contributed by atoms with Crippen LogP contribution in [0.5, 0.6) is 0 Å². The predicted octanol–water partition coefficient (Wildman–Crippen LogP) is 3.59. The van der Waals surface area contributed by atoms with E-state index in [0.717, 1.165) is 22.5 Å². The summed E-state index contributed by atoms with van der Waals surface area (Å²) in [6.07, 6.45) is -0.548. The van der Waals surface area contributed by atoms with Gasteiger partial charge in [0.2, 0.25) is 0 Å². The largest absolute Gasteiger partial charge is 0.386 e. The molecule has 3 rings (SSSR count). The van der Waals surface area contributed by atoms with Crippen LogP contribution < -0.4 is 0 Å². The molecule has 0 aliphatic heterocycles. The lowest BCUT2D eigenvalue weighted by Gasteiger charge is -2.12. The second kappa shape index (κ2) is 5.94. The molecule has 106 valence electrons. The van der Waals surface area contributed by atoms with Gasteiger partial charge >= 0.3 is 0 Å². The maximum absolute atomic E-state index is 10.3. The lowest BCUT2D eigenvalue weighted by molar-refractivity contribution is 0.150. The van der Waals surface area contributed by atoms with Gasteiger partial charge in [0.15, 0.2) is 0 Å². The van der Waals surface area contributed by atoms with Crippen molar-refractivity contribution in [3.63, 3.8) is 0 Å². The summed E-state index contributed by atoms with van der Waals surface area (Å²) < 4.78 is 1.86. The summed E-state index contributed by atoms with van der Waals surface area (Å²) in [5, 5.41) is 14.9. The maximum Gasteiger partial charge on any atom is 0.0985 e. The van der Waals surface area contributed by atoms with E-state index in [1.165, 1.54) is 0 Å². The fourth-order valence-electron chi connectivity index (χ4n) is 2.39. The third-order valence-electron chi connectivity index (χ3n) is 3.58. The van der Waals surface area contributed by atoms with Gasteiger partial charge in [-0.3, -0.25) is 4.68 Å². The van der Waals surface area contributed by atoms with Gasteiger partial charge in [0.05, 0.1) is 18.3 Å². The van der Waals surface area contributed by atoms with E-state index in [0.29, 0.717) is 6.54 Å². The Balaban J connectivity index is 1.82. The smallest absolute Gasteiger partial charge is 0.0985 e. The molecule has 0 bridgehead atoms. The minimum absolute atomic E-state index is 0.461. The first kappa shape index (κ1) is 13.6. The Morgan fingerprint density at radius 1 is 1.00 bits per heavy atom. The van der Waals surface area contributed by atoms with Crippen LogP contribution in [-0.2, 0) is 6.54 Å². The van der Waals surface area contributed by atoms with Crippen molar-refractivity contribution in [2.75, 3.05) is 0 Å². The van der Waals surface area contributed by atoms with E-state index in [-0.39, 0.29) is 0 Å². The zero-order chi connectivity index (χ0) is 14.7. The predicted molar refractivity (Wildman–Crippen MR) is 83.8 cm³/mol. The summed E-state index contributed by atoms with van der Waals surface area (Å²) in [6, 6.07) is 21.8. The number of rotatable bonds is 4. The molecular formula is C18H18N2O. The van der Waals surface area contributed by atoms with Crippen molar-refractivity contribution in [2.45, 2.75) is 19.6 Å². The van der Waals surface area contributed by atoms with Gasteiger partial charge in [0.25, 0.3) is 0 Å². The highest BCUT2D eigenvalue weighted by molar-refractivity contribution is 5.58. The maximum atomic E-state index is 10.3. The molecule has 3 heteroatoms. The van der Waals surface area contributed by atoms with Crippen LogP contribution in [-0.4, -0.2) is 14.9 Å². The van der Waals surface area contributed by atoms with Gasteiger partial charge in [0, 0.05) is 11.3 Å². The van der Waals surface area contributed by atoms with Crippen LogP contribution in [0.15, 0.2) is 66.7 Å². The van der Waals surface area contributed by atoms with Gasteiger partial charge in [0.1, 0.15) is 0 Å². The molecule has 0 saturated carbocycles. The second-order valence-electron chi connectivity index (χ2n) is 5.15. The van der Waals surface area contributed by atoms with Crippen molar-refractivity contribution in [1.29, 1.82) is 0 Å². The third kappa shape index (κ3) is 3.03. The van der Waals surface area contributed by atoms with Gasteiger partial charge in [-0.05, 0) is 18.6 Å². The van der Waals surface area contributed by atoms with E-state index in [9.17, 15) is 5.11 Å². The number of aliphatic hydroxyl groups excluding tert-OH is 1. The molecule has 0 fully saturated rings. The topological polar surface area (TPSA) is 38.0 Å². The molecular weight excluding hydrogens is 260 g/mol. The lowest BCUT2D eigenvalue weighted by atomic mass is 10.1. The summed E-state index contributed by atoms with van der Waals surface area (Å²) in [5.74, 6) is 0. The van der Waals surface area contributed by atoms with Crippen LogP contribution in [0.4, 0.5) is 0 Å². The SMILES string of the molecule is Cc1cc(-c2ccccc2)nn1CC(O)c1ccccc1. The van der Waals surface area contributed by atoms with Crippen molar-refractivity contribution in [1.82, 2.24) is 9.78 Å². The van der Waals surface area contributed by atoms with Crippen LogP contribution in [0.2, 0.25) is 0 Å². The van der Waals surface area contributed by atoms with E-state index in [2.05, 4.69) is 5.10 Å². The number of hydrogen-bond donors (Lipinski definition) is 1. The normalized spacial score (nSPS) is 12.3. The Labute approximate surface area is 124 Å². The fraction of sp³-hybridized carbons (Fsp3) is 0.167. The quantitative estimate of drug-likeness (QED) is 0.792. The molecule has 0 amide bonds. The molecule has 21 heavy (non-hydrogen) atoms. The zero-order valence-corrected chi connectivity index (χ0v) is 12.0. The highest BCUT2D eigenvalue weighted by atomic mass is 16.3. The molecule has 1 heterocycles. The zero-order valence-electron chi connectivity index (χ0n) is 12.0. The molecule has 0 saturated heterocycles. The van der Waals surface area contributed by atoms with Gasteiger partial charge in [-0.25, -0.2) is 0 Å². The van der Waals surface area contributed by atoms with Crippen molar-refractivity contribution in [3.05, 3.63) is 78.0 Å². The Kier molecular flexibility index (Phi) is 3.84. The first-order valence-corrected chi connectivity index (χ1v) is 7.07. The molecule has 1 aromatic heterocycles. The standard InChI is InChI=1S/C18H18N2O/c1-14-12-17(15-8-4-2-5-9-15)19-20(14)13-18(21)16-10-6-3-7-11-16/h2-12,18,21H,13H2,1H3. The molecule has 0 spiro atoms. The lowest BCUT2D eigenvalue weighted by Crippen LogP contribution is -2.11. The highest BCUT2D eigenvalue weighted by Gasteiger charge is 2.12. The van der Waals surface area contributed by atoms with Crippen LogP contribution in [0.25, 0.3) is 11.3 Å². The van der Waals surface area contributed by atoms with E-state index >= 15 is 0 Å². The van der Waals surface area contributed by atoms with Crippen LogP contribution in [0.3, 0.4) is 0 Å². The average molecular weight is 278 g/mol. The summed E-state index contributed by atoms with van der Waals surface area (Å²) in [7, 11) is 0. The van der Waals surface area contributed by atoms with E-state index in [1.54, 1.807) is 0 Å². The molecule has 0 aliphatic carbocycles. The molecule has 2 aromatic carbocycles. The molecule has 1 N–H and O–H groups in total. The van der Waals surface area contributed by atoms with Crippen molar-refractivity contribution in [2.24, 2.45) is 0 Å². The first-order valence-electron chi connectivity index (χ1n) is 7.07. The van der Waals surface area contributed by atoms with Gasteiger partial charge < -0.3 is 5.11 Å². The molecule has 3 nitrogen and oxygen atoms in total. The Bertz CT molecular complexity index is 705. The minimum atomic E-state index is -0.548. The van der Waals surface area contributed by atoms with E-state index in [1.807, 2.05) is 78.3 Å². The number of aliphatic hydroxyl groups is 1. The monoisotopic (exact) mass is 278 g/mol. The third-order valence-corrected chi connectivity index (χ3v) is 3.58. The molecule has 0 aliphatic rings. The highest BCUT2D eigenvalue weighted by Crippen LogP contribution is 2.21. The average Bonchev–Trinajstić information content (AvgIpc) is 2.90. The first-order chi connectivity index (χ1) is 10.2. The molecule has 1 unspecified atom stereocenters. The fourth-order valence-corrected chi connectivity index (χ4v) is 2.39. The van der Waals surface area contributed by atoms with Crippen molar-refractivity contribution < 1.29 is 5.11 Å². The number of aryl methyl sites for hydroxylation is 1. The Morgan fingerprint density at radius 2 is 1.62 bits per heavy atom. The van der Waals surface area contributed by atoms with Gasteiger partial charge in [-0.15, -0.1) is 0 Å². The van der Waals surface area contributed by atoms with E-state index in [4.69, 9.17) is 0 Å². The number of nitrogens with zero attached hydrogens (tertiary/aromatic N) is 2. The summed E-state index contributed by atoms with van der Waals surface area (Å²) in [5.41, 5.74) is 3.99. The van der Waals surface area contributed by atoms with E-state index < -0.39 is 6.10 Å². The second-order valence-corrected chi connectivity index (χ2v) is 5.15.